The summed E-state index contributed by atoms with van der Waals surface area (Å²) in [6, 6.07) is 1.00. The number of phosphoric ester groups is 1. The lowest BCUT2D eigenvalue weighted by atomic mass is 10.0. The number of aromatic amines is 1. The van der Waals surface area contributed by atoms with Gasteiger partial charge in [0.1, 0.15) is 5.60 Å². The smallest absolute Gasteiger partial charge is 0.385 e. The molecule has 6 N–H and O–H groups in total. The molecule has 1 aromatic heterocycles. The molecule has 2 heterocycles. The summed E-state index contributed by atoms with van der Waals surface area (Å²) in [5.41, 5.74) is -3.27. The molecule has 0 spiro atoms. The predicted molar refractivity (Wildman–Crippen MR) is 90.3 cm³/mol. The molecule has 0 aromatic carbocycles. The number of hydrogen-bond acceptors (Lipinski definition) is 10. The third-order valence-corrected chi connectivity index (χ3v) is 7.24. The first-order valence-corrected chi connectivity index (χ1v) is 12.0. The van der Waals surface area contributed by atoms with Gasteiger partial charge in [-0.3, -0.25) is 18.9 Å². The van der Waals surface area contributed by atoms with Crippen LogP contribution in [0.3, 0.4) is 0 Å². The molecule has 5 atom stereocenters. The second-order valence-electron chi connectivity index (χ2n) is 6.08. The Hall–Kier alpha value is -0.990. The van der Waals surface area contributed by atoms with Crippen molar-refractivity contribution in [2.45, 2.75) is 31.3 Å². The molecule has 0 aliphatic carbocycles. The molecule has 19 heteroatoms. The van der Waals surface area contributed by atoms with E-state index < -0.39 is 59.3 Å². The van der Waals surface area contributed by atoms with Crippen molar-refractivity contribution in [1.82, 2.24) is 9.55 Å². The highest BCUT2D eigenvalue weighted by atomic mass is 31.3. The van der Waals surface area contributed by atoms with E-state index in [1.807, 2.05) is 4.98 Å². The fourth-order valence-electron chi connectivity index (χ4n) is 2.49. The third kappa shape index (κ3) is 7.03. The maximum Gasteiger partial charge on any atom is 0.490 e. The maximum absolute atomic E-state index is 11.9. The van der Waals surface area contributed by atoms with E-state index in [1.165, 1.54) is 6.92 Å². The van der Waals surface area contributed by atoms with E-state index in [2.05, 4.69) is 13.1 Å². The van der Waals surface area contributed by atoms with Gasteiger partial charge in [-0.2, -0.15) is 8.62 Å². The summed E-state index contributed by atoms with van der Waals surface area (Å²) in [5.74, 6) is 0. The van der Waals surface area contributed by atoms with E-state index in [0.29, 0.717) is 0 Å². The summed E-state index contributed by atoms with van der Waals surface area (Å²) in [6.45, 7) is 0.481. The Bertz CT molecular complexity index is 1010. The van der Waals surface area contributed by atoms with Crippen molar-refractivity contribution in [3.8, 4) is 0 Å². The van der Waals surface area contributed by atoms with Crippen molar-refractivity contribution >= 4 is 23.5 Å². The van der Waals surface area contributed by atoms with Gasteiger partial charge < -0.3 is 29.4 Å². The Labute approximate surface area is 161 Å². The number of nitrogens with one attached hydrogen (secondary N) is 1. The highest BCUT2D eigenvalue weighted by Gasteiger charge is 2.47. The summed E-state index contributed by atoms with van der Waals surface area (Å²) in [4.78, 5) is 60.3. The monoisotopic (exact) mass is 482 g/mol. The van der Waals surface area contributed by atoms with Crippen LogP contribution in [0.5, 0.6) is 0 Å². The Morgan fingerprint density at radius 1 is 1.21 bits per heavy atom. The molecule has 1 aromatic rings. The number of aliphatic hydroxyl groups is 1. The minimum Gasteiger partial charge on any atom is -0.385 e. The Morgan fingerprint density at radius 2 is 1.83 bits per heavy atom. The zero-order valence-electron chi connectivity index (χ0n) is 14.4. The summed E-state index contributed by atoms with van der Waals surface area (Å²) in [5, 5.41) is 10.4. The largest absolute Gasteiger partial charge is 0.490 e. The lowest BCUT2D eigenvalue weighted by Crippen LogP contribution is -2.40. The van der Waals surface area contributed by atoms with Gasteiger partial charge >= 0.3 is 29.2 Å². The van der Waals surface area contributed by atoms with E-state index >= 15 is 0 Å². The van der Waals surface area contributed by atoms with E-state index in [4.69, 9.17) is 19.4 Å². The van der Waals surface area contributed by atoms with Crippen LogP contribution in [-0.4, -0.2) is 52.5 Å². The van der Waals surface area contributed by atoms with Gasteiger partial charge in [0.05, 0.1) is 12.7 Å². The van der Waals surface area contributed by atoms with Crippen LogP contribution in [0.1, 0.15) is 19.6 Å². The second-order valence-corrected chi connectivity index (χ2v) is 10.5. The quantitative estimate of drug-likeness (QED) is 0.241. The topological polar surface area (TPSA) is 244 Å². The first-order valence-electron chi connectivity index (χ1n) is 7.47. The number of phosphoric acid groups is 3. The number of aromatic nitrogens is 2. The van der Waals surface area contributed by atoms with Gasteiger partial charge in [0.2, 0.25) is 0 Å². The SMILES string of the molecule is C[C@@]1(O)C[C@@H](COP(=O)(O)OP(=O)(O)OP(=O)(O)O)OC1n1ccc(=O)[nH]c1=O. The average Bonchev–Trinajstić information content (AvgIpc) is 2.76. The minimum atomic E-state index is -5.66. The van der Waals surface area contributed by atoms with Crippen molar-refractivity contribution in [1.29, 1.82) is 0 Å². The molecular weight excluding hydrogens is 465 g/mol. The molecule has 166 valence electrons. The van der Waals surface area contributed by atoms with Crippen molar-refractivity contribution in [2.75, 3.05) is 6.61 Å². The molecule has 16 nitrogen and oxygen atoms in total. The highest BCUT2D eigenvalue weighted by molar-refractivity contribution is 7.66. The Balaban J connectivity index is 2.05. The van der Waals surface area contributed by atoms with Crippen LogP contribution in [-0.2, 0) is 31.6 Å². The number of H-pyrrole nitrogens is 1. The number of ether oxygens (including phenoxy) is 1. The minimum absolute atomic E-state index is 0.237. The van der Waals surface area contributed by atoms with Crippen molar-refractivity contribution in [3.05, 3.63) is 33.1 Å². The van der Waals surface area contributed by atoms with Crippen LogP contribution in [0.2, 0.25) is 0 Å². The molecule has 1 fully saturated rings. The molecule has 29 heavy (non-hydrogen) atoms. The number of nitrogens with zero attached hydrogens (tertiary/aromatic N) is 1. The molecule has 1 aliphatic heterocycles. The molecule has 1 saturated heterocycles. The second kappa shape index (κ2) is 8.27. The zero-order chi connectivity index (χ0) is 22.3. The van der Waals surface area contributed by atoms with Crippen molar-refractivity contribution in [3.63, 3.8) is 0 Å². The average molecular weight is 482 g/mol. The van der Waals surface area contributed by atoms with Crippen molar-refractivity contribution < 1.29 is 56.3 Å². The van der Waals surface area contributed by atoms with Gasteiger partial charge in [0.25, 0.3) is 5.56 Å². The molecule has 0 saturated carbocycles. The van der Waals surface area contributed by atoms with Gasteiger partial charge in [-0.1, -0.05) is 0 Å². The summed E-state index contributed by atoms with van der Waals surface area (Å²) in [7, 11) is -16.5. The lowest BCUT2D eigenvalue weighted by Gasteiger charge is -2.24. The van der Waals surface area contributed by atoms with Crippen LogP contribution in [0.4, 0.5) is 0 Å². The summed E-state index contributed by atoms with van der Waals surface area (Å²) >= 11 is 0. The molecule has 3 unspecified atom stereocenters. The van der Waals surface area contributed by atoms with Gasteiger partial charge in [-0.05, 0) is 6.92 Å². The van der Waals surface area contributed by atoms with Crippen LogP contribution < -0.4 is 11.2 Å². The molecule has 0 bridgehead atoms. The lowest BCUT2D eigenvalue weighted by molar-refractivity contribution is -0.0892. The Morgan fingerprint density at radius 3 is 2.38 bits per heavy atom. The fourth-order valence-corrected chi connectivity index (χ4v) is 5.54. The summed E-state index contributed by atoms with van der Waals surface area (Å²) < 4.78 is 51.3. The standard InChI is InChI=1S/C10H17N2O14P3/c1-10(15)4-6(24-8(10)12-3-2-7(13)11-9(12)14)5-23-28(19,20)26-29(21,22)25-27(16,17)18/h2-3,6,8,15H,4-5H2,1H3,(H,19,20)(H,21,22)(H,11,13,14)(H2,16,17,18)/t6-,8?,10+/m0/s1. The van der Waals surface area contributed by atoms with Crippen molar-refractivity contribution in [2.24, 2.45) is 0 Å². The van der Waals surface area contributed by atoms with E-state index in [-0.39, 0.29) is 6.42 Å². The fraction of sp³-hybridized carbons (Fsp3) is 0.600. The van der Waals surface area contributed by atoms with Crippen LogP contribution >= 0.6 is 23.5 Å². The van der Waals surface area contributed by atoms with Gasteiger partial charge in [-0.15, -0.1) is 0 Å². The highest BCUT2D eigenvalue weighted by Crippen LogP contribution is 2.66. The van der Waals surface area contributed by atoms with Gasteiger partial charge in [0, 0.05) is 18.7 Å². The first kappa shape index (κ1) is 24.3. The van der Waals surface area contributed by atoms with Gasteiger partial charge in [0.15, 0.2) is 6.23 Å². The van der Waals surface area contributed by atoms with E-state index in [9.17, 15) is 33.3 Å². The summed E-state index contributed by atoms with van der Waals surface area (Å²) in [6.07, 6.45) is -1.62. The number of hydrogen-bond donors (Lipinski definition) is 6. The van der Waals surface area contributed by atoms with Crippen LogP contribution in [0, 0.1) is 0 Å². The molecule has 1 aliphatic rings. The molecule has 0 radical (unpaired) electrons. The Kier molecular flexibility index (Phi) is 6.92. The third-order valence-electron chi connectivity index (χ3n) is 3.44. The normalized spacial score (nSPS) is 29.3. The molecule has 0 amide bonds. The van der Waals surface area contributed by atoms with Gasteiger partial charge in [-0.25, -0.2) is 18.5 Å². The first-order chi connectivity index (χ1) is 13.0. The van der Waals surface area contributed by atoms with E-state index in [1.54, 1.807) is 0 Å². The zero-order valence-corrected chi connectivity index (χ0v) is 17.1. The van der Waals surface area contributed by atoms with Crippen LogP contribution in [0.25, 0.3) is 0 Å². The predicted octanol–water partition coefficient (Wildman–Crippen LogP) is -1.08. The van der Waals surface area contributed by atoms with Crippen LogP contribution in [0.15, 0.2) is 21.9 Å². The maximum atomic E-state index is 11.9. The molecular formula is C10H17N2O14P3. The van der Waals surface area contributed by atoms with E-state index in [0.717, 1.165) is 16.8 Å². The number of rotatable bonds is 8. The molecule has 2 rings (SSSR count).